The molecule has 9 nitrogen and oxygen atoms in total. The lowest BCUT2D eigenvalue weighted by Gasteiger charge is -2.18. The van der Waals surface area contributed by atoms with Crippen LogP contribution in [0.1, 0.15) is 206 Å². The number of rotatable bonds is 38. The summed E-state index contributed by atoms with van der Waals surface area (Å²) in [5, 5.41) is 0. The van der Waals surface area contributed by atoms with Crippen LogP contribution in [-0.2, 0) is 32.9 Å². The summed E-state index contributed by atoms with van der Waals surface area (Å²) in [6, 6.07) is 0. The van der Waals surface area contributed by atoms with Crippen molar-refractivity contribution in [3.63, 3.8) is 0 Å². The third-order valence-corrected chi connectivity index (χ3v) is 10.2. The van der Waals surface area contributed by atoms with Gasteiger partial charge in [-0.25, -0.2) is 4.57 Å². The highest BCUT2D eigenvalue weighted by Crippen LogP contribution is 2.36. The standard InChI is InChI=1S/C41H77O9P/c1-3-5-7-9-11-12-13-14-15-16-17-18-19-20-21-25-29-33-40(42)47-35-37(36-48-51(44,45)46)49-41(43)34-30-26-22-24-28-32-39-38(50-39)31-27-23-10-8-6-4-2/h23,27,37-39H,3-22,24-26,28-36H2,1-2H3,(H2,44,45,46)/b27-23-/t37-,38?,39?/m1/s1. The molecule has 3 atom stereocenters. The highest BCUT2D eigenvalue weighted by atomic mass is 31.2. The van der Waals surface area contributed by atoms with Crippen LogP contribution in [0.5, 0.6) is 0 Å². The third-order valence-electron chi connectivity index (χ3n) is 9.71. The van der Waals surface area contributed by atoms with Gasteiger partial charge in [0.05, 0.1) is 18.8 Å². The lowest BCUT2D eigenvalue weighted by Crippen LogP contribution is -2.29. The van der Waals surface area contributed by atoms with Crippen molar-refractivity contribution < 1.29 is 42.7 Å². The van der Waals surface area contributed by atoms with Crippen molar-refractivity contribution in [1.82, 2.24) is 0 Å². The molecule has 0 radical (unpaired) electrons. The van der Waals surface area contributed by atoms with Crippen LogP contribution < -0.4 is 0 Å². The maximum Gasteiger partial charge on any atom is 0.469 e. The molecule has 300 valence electrons. The molecule has 1 fully saturated rings. The quantitative estimate of drug-likeness (QED) is 0.0208. The van der Waals surface area contributed by atoms with Gasteiger partial charge in [-0.05, 0) is 38.5 Å². The first-order valence-corrected chi connectivity index (χ1v) is 22.6. The average molecular weight is 745 g/mol. The van der Waals surface area contributed by atoms with Gasteiger partial charge in [-0.3, -0.25) is 14.1 Å². The molecule has 0 aromatic rings. The van der Waals surface area contributed by atoms with E-state index in [1.165, 1.54) is 109 Å². The van der Waals surface area contributed by atoms with Crippen molar-refractivity contribution in [2.24, 2.45) is 0 Å². The molecule has 1 heterocycles. The normalized spacial score (nSPS) is 16.5. The Bertz CT molecular complexity index is 906. The Balaban J connectivity index is 2.05. The Morgan fingerprint density at radius 3 is 1.61 bits per heavy atom. The summed E-state index contributed by atoms with van der Waals surface area (Å²) < 4.78 is 32.2. The fraction of sp³-hybridized carbons (Fsp3) is 0.902. The third kappa shape index (κ3) is 33.1. The molecule has 1 aliphatic rings. The van der Waals surface area contributed by atoms with Crippen molar-refractivity contribution in [3.8, 4) is 0 Å². The molecular weight excluding hydrogens is 667 g/mol. The molecule has 2 N–H and O–H groups in total. The van der Waals surface area contributed by atoms with Crippen LogP contribution in [0.4, 0.5) is 0 Å². The van der Waals surface area contributed by atoms with E-state index < -0.39 is 32.5 Å². The van der Waals surface area contributed by atoms with Gasteiger partial charge >= 0.3 is 19.8 Å². The maximum atomic E-state index is 12.4. The number of phosphoric ester groups is 1. The summed E-state index contributed by atoms with van der Waals surface area (Å²) in [5.41, 5.74) is 0. The predicted octanol–water partition coefficient (Wildman–Crippen LogP) is 11.6. The molecule has 0 amide bonds. The number of hydrogen-bond donors (Lipinski definition) is 2. The molecule has 1 rings (SSSR count). The Morgan fingerprint density at radius 2 is 1.08 bits per heavy atom. The van der Waals surface area contributed by atoms with Gasteiger partial charge in [0.25, 0.3) is 0 Å². The van der Waals surface area contributed by atoms with Crippen LogP contribution in [-0.4, -0.2) is 53.3 Å². The Labute approximate surface area is 312 Å². The molecular formula is C41H77O9P. The smallest absolute Gasteiger partial charge is 0.462 e. The van der Waals surface area contributed by atoms with Crippen molar-refractivity contribution in [3.05, 3.63) is 12.2 Å². The first kappa shape index (κ1) is 47.8. The number of carbonyl (C=O) groups excluding carboxylic acids is 2. The predicted molar refractivity (Wildman–Crippen MR) is 206 cm³/mol. The minimum Gasteiger partial charge on any atom is -0.462 e. The zero-order valence-electron chi connectivity index (χ0n) is 32.7. The number of allylic oxidation sites excluding steroid dienone is 1. The van der Waals surface area contributed by atoms with Crippen molar-refractivity contribution in [1.29, 1.82) is 0 Å². The molecule has 0 saturated carbocycles. The van der Waals surface area contributed by atoms with Gasteiger partial charge in [-0.2, -0.15) is 0 Å². The van der Waals surface area contributed by atoms with Crippen molar-refractivity contribution in [2.45, 2.75) is 225 Å². The van der Waals surface area contributed by atoms with E-state index >= 15 is 0 Å². The van der Waals surface area contributed by atoms with Gasteiger partial charge in [0, 0.05) is 12.8 Å². The summed E-state index contributed by atoms with van der Waals surface area (Å²) >= 11 is 0. The van der Waals surface area contributed by atoms with E-state index in [2.05, 4.69) is 30.5 Å². The van der Waals surface area contributed by atoms with Crippen molar-refractivity contribution >= 4 is 19.8 Å². The van der Waals surface area contributed by atoms with Gasteiger partial charge < -0.3 is 24.0 Å². The van der Waals surface area contributed by atoms with Gasteiger partial charge in [-0.1, -0.05) is 167 Å². The van der Waals surface area contributed by atoms with Crippen LogP contribution in [0.3, 0.4) is 0 Å². The summed E-state index contributed by atoms with van der Waals surface area (Å²) in [6.07, 6.45) is 38.1. The lowest BCUT2D eigenvalue weighted by molar-refractivity contribution is -0.161. The first-order valence-electron chi connectivity index (χ1n) is 21.1. The molecule has 2 unspecified atom stereocenters. The number of esters is 2. The molecule has 51 heavy (non-hydrogen) atoms. The van der Waals surface area contributed by atoms with Crippen LogP contribution >= 0.6 is 7.82 Å². The van der Waals surface area contributed by atoms with Crippen LogP contribution in [0.25, 0.3) is 0 Å². The fourth-order valence-electron chi connectivity index (χ4n) is 6.44. The Hall–Kier alpha value is -1.25. The van der Waals surface area contributed by atoms with Gasteiger partial charge in [-0.15, -0.1) is 0 Å². The number of ether oxygens (including phenoxy) is 3. The number of unbranched alkanes of at least 4 members (excludes halogenated alkanes) is 23. The first-order chi connectivity index (χ1) is 24.7. The van der Waals surface area contributed by atoms with Crippen LogP contribution in [0.15, 0.2) is 12.2 Å². The zero-order valence-corrected chi connectivity index (χ0v) is 33.6. The van der Waals surface area contributed by atoms with E-state index in [9.17, 15) is 14.2 Å². The van der Waals surface area contributed by atoms with Crippen LogP contribution in [0, 0.1) is 0 Å². The van der Waals surface area contributed by atoms with E-state index in [-0.39, 0.29) is 19.4 Å². The second kappa shape index (κ2) is 33.3. The van der Waals surface area contributed by atoms with Crippen LogP contribution in [0.2, 0.25) is 0 Å². The minimum atomic E-state index is -4.76. The number of phosphoric acid groups is 1. The highest BCUT2D eigenvalue weighted by Gasteiger charge is 2.36. The highest BCUT2D eigenvalue weighted by molar-refractivity contribution is 7.46. The number of epoxide rings is 1. The van der Waals surface area contributed by atoms with E-state index in [4.69, 9.17) is 24.0 Å². The molecule has 0 aliphatic carbocycles. The summed E-state index contributed by atoms with van der Waals surface area (Å²) in [6.45, 7) is 3.65. The summed E-state index contributed by atoms with van der Waals surface area (Å²) in [5.74, 6) is -0.898. The SMILES string of the molecule is CCCCC/C=C\CC1OC1CCCCCCCC(=O)O[C@H](COC(=O)CCCCCCCCCCCCCCCCCCC)COP(=O)(O)O. The van der Waals surface area contributed by atoms with Crippen molar-refractivity contribution in [2.75, 3.05) is 13.2 Å². The molecule has 1 aliphatic heterocycles. The van der Waals surface area contributed by atoms with E-state index in [0.717, 1.165) is 64.2 Å². The Kier molecular flexibility index (Phi) is 31.2. The van der Waals surface area contributed by atoms with Gasteiger partial charge in [0.1, 0.15) is 6.61 Å². The topological polar surface area (TPSA) is 132 Å². The summed E-state index contributed by atoms with van der Waals surface area (Å²) in [4.78, 5) is 42.9. The molecule has 0 bridgehead atoms. The largest absolute Gasteiger partial charge is 0.469 e. The molecule has 0 aromatic carbocycles. The molecule has 10 heteroatoms. The van der Waals surface area contributed by atoms with E-state index in [0.29, 0.717) is 18.6 Å². The monoisotopic (exact) mass is 745 g/mol. The van der Waals surface area contributed by atoms with E-state index in [1.807, 2.05) is 0 Å². The zero-order chi connectivity index (χ0) is 37.3. The second-order valence-corrected chi connectivity index (χ2v) is 15.9. The molecule has 1 saturated heterocycles. The van der Waals surface area contributed by atoms with Gasteiger partial charge in [0.2, 0.25) is 0 Å². The Morgan fingerprint density at radius 1 is 0.608 bits per heavy atom. The second-order valence-electron chi connectivity index (χ2n) is 14.7. The number of carbonyl (C=O) groups is 2. The fourth-order valence-corrected chi connectivity index (χ4v) is 6.80. The number of hydrogen-bond acceptors (Lipinski definition) is 7. The van der Waals surface area contributed by atoms with E-state index in [1.54, 1.807) is 0 Å². The average Bonchev–Trinajstić information content (AvgIpc) is 3.85. The van der Waals surface area contributed by atoms with Gasteiger partial charge in [0.15, 0.2) is 6.10 Å². The maximum absolute atomic E-state index is 12.4. The lowest BCUT2D eigenvalue weighted by atomic mass is 10.0. The molecule has 0 aromatic heterocycles. The minimum absolute atomic E-state index is 0.192. The summed E-state index contributed by atoms with van der Waals surface area (Å²) in [7, 11) is -4.76. The molecule has 0 spiro atoms.